The fourth-order valence-electron chi connectivity index (χ4n) is 2.92. The average Bonchev–Trinajstić information content (AvgIpc) is 3.03. The van der Waals surface area contributed by atoms with Crippen molar-refractivity contribution < 1.29 is 25.3 Å². The van der Waals surface area contributed by atoms with E-state index in [1.807, 2.05) is 5.48 Å². The smallest absolute Gasteiger partial charge is 0.167 e. The van der Waals surface area contributed by atoms with Crippen LogP contribution in [0.1, 0.15) is 18.7 Å². The van der Waals surface area contributed by atoms with Crippen molar-refractivity contribution in [3.63, 3.8) is 0 Å². The van der Waals surface area contributed by atoms with Crippen LogP contribution in [-0.4, -0.2) is 59.5 Å². The molecule has 0 radical (unpaired) electrons. The van der Waals surface area contributed by atoms with Gasteiger partial charge >= 0.3 is 0 Å². The lowest BCUT2D eigenvalue weighted by Crippen LogP contribution is -2.44. The lowest BCUT2D eigenvalue weighted by Gasteiger charge is -2.27. The van der Waals surface area contributed by atoms with Gasteiger partial charge in [0.15, 0.2) is 12.0 Å². The molecule has 9 heteroatoms. The zero-order valence-electron chi connectivity index (χ0n) is 12.4. The van der Waals surface area contributed by atoms with E-state index >= 15 is 0 Å². The number of ether oxygens (including phenoxy) is 1. The number of rotatable bonds is 4. The van der Waals surface area contributed by atoms with Crippen molar-refractivity contribution in [1.29, 1.82) is 0 Å². The lowest BCUT2D eigenvalue weighted by molar-refractivity contribution is -0.0948. The molecule has 1 fully saturated rings. The molecule has 0 spiro atoms. The van der Waals surface area contributed by atoms with E-state index in [0.29, 0.717) is 16.6 Å². The van der Waals surface area contributed by atoms with Crippen LogP contribution < -0.4 is 5.48 Å². The minimum Gasteiger partial charge on any atom is -0.394 e. The van der Waals surface area contributed by atoms with Crippen molar-refractivity contribution in [3.05, 3.63) is 24.7 Å². The van der Waals surface area contributed by atoms with Crippen LogP contribution in [0.2, 0.25) is 0 Å². The predicted molar refractivity (Wildman–Crippen MR) is 80.7 cm³/mol. The summed E-state index contributed by atoms with van der Waals surface area (Å²) in [6.45, 7) is 4.70. The summed E-state index contributed by atoms with van der Waals surface area (Å²) in [5, 5.41) is 39.7. The Morgan fingerprint density at radius 2 is 2.26 bits per heavy atom. The van der Waals surface area contributed by atoms with Gasteiger partial charge in [0.25, 0.3) is 0 Å². The molecule has 0 saturated carbocycles. The predicted octanol–water partition coefficient (Wildman–Crippen LogP) is -0.123. The Kier molecular flexibility index (Phi) is 3.82. The van der Waals surface area contributed by atoms with Gasteiger partial charge in [0.2, 0.25) is 0 Å². The summed E-state index contributed by atoms with van der Waals surface area (Å²) < 4.78 is 7.12. The fourth-order valence-corrected chi connectivity index (χ4v) is 2.92. The fraction of sp³-hybridized carbons (Fsp3) is 0.429. The van der Waals surface area contributed by atoms with Crippen molar-refractivity contribution in [3.8, 4) is 0 Å². The van der Waals surface area contributed by atoms with Crippen LogP contribution >= 0.6 is 0 Å². The van der Waals surface area contributed by atoms with E-state index in [4.69, 9.17) is 4.74 Å². The zero-order chi connectivity index (χ0) is 16.8. The van der Waals surface area contributed by atoms with E-state index in [2.05, 4.69) is 16.5 Å². The van der Waals surface area contributed by atoms with E-state index in [1.165, 1.54) is 17.8 Å². The van der Waals surface area contributed by atoms with E-state index < -0.39 is 30.6 Å². The van der Waals surface area contributed by atoms with Crippen molar-refractivity contribution >= 4 is 22.9 Å². The van der Waals surface area contributed by atoms with E-state index in [1.54, 1.807) is 12.3 Å². The molecule has 3 rings (SSSR count). The third-order valence-electron chi connectivity index (χ3n) is 4.15. The Labute approximate surface area is 131 Å². The van der Waals surface area contributed by atoms with E-state index in [-0.39, 0.29) is 5.82 Å². The highest BCUT2D eigenvalue weighted by molar-refractivity contribution is 5.95. The molecule has 9 nitrogen and oxygen atoms in total. The van der Waals surface area contributed by atoms with Crippen LogP contribution in [0.3, 0.4) is 0 Å². The van der Waals surface area contributed by atoms with Crippen LogP contribution in [0.25, 0.3) is 17.1 Å². The number of aliphatic hydroxyl groups excluding tert-OH is 2. The first-order valence-corrected chi connectivity index (χ1v) is 7.00. The maximum Gasteiger partial charge on any atom is 0.167 e. The monoisotopic (exact) mass is 322 g/mol. The van der Waals surface area contributed by atoms with Crippen molar-refractivity contribution in [2.45, 2.75) is 31.0 Å². The highest BCUT2D eigenvalue weighted by atomic mass is 16.6. The lowest BCUT2D eigenvalue weighted by atomic mass is 9.96. The number of nitrogens with one attached hydrogen (secondary N) is 1. The Hall–Kier alpha value is -2.04. The van der Waals surface area contributed by atoms with E-state index in [9.17, 15) is 20.5 Å². The van der Waals surface area contributed by atoms with Gasteiger partial charge in [-0.2, -0.15) is 0 Å². The second-order valence-corrected chi connectivity index (χ2v) is 5.61. The molecule has 1 aliphatic rings. The van der Waals surface area contributed by atoms with Gasteiger partial charge < -0.3 is 24.6 Å². The Morgan fingerprint density at radius 1 is 1.52 bits per heavy atom. The van der Waals surface area contributed by atoms with Gasteiger partial charge in [0, 0.05) is 11.8 Å². The first-order chi connectivity index (χ1) is 11.0. The van der Waals surface area contributed by atoms with Crippen LogP contribution in [0, 0.1) is 0 Å². The number of hydrogen-bond acceptors (Lipinski definition) is 8. The molecule has 0 aromatic carbocycles. The average molecular weight is 322 g/mol. The molecule has 2 aromatic rings. The maximum atomic E-state index is 10.6. The zero-order valence-corrected chi connectivity index (χ0v) is 12.4. The standard InChI is InChI=1S/C14H18N4O5/c1-3-7-4-18(12-9(7)11(17-22)15-6-16-12)13-14(2,21)10(20)8(5-19)23-13/h3-4,6,8,10,13,19-22H,1,5H2,2H3,(H,15,16,17)/t8?,10?,13?,14-/m1/s1. The molecule has 124 valence electrons. The Balaban J connectivity index is 2.19. The first-order valence-electron chi connectivity index (χ1n) is 7.00. The largest absolute Gasteiger partial charge is 0.394 e. The maximum absolute atomic E-state index is 10.6. The van der Waals surface area contributed by atoms with Gasteiger partial charge in [-0.3, -0.25) is 10.7 Å². The molecule has 1 aliphatic heterocycles. The van der Waals surface area contributed by atoms with Crippen LogP contribution in [-0.2, 0) is 4.74 Å². The van der Waals surface area contributed by atoms with E-state index in [0.717, 1.165) is 0 Å². The highest BCUT2D eigenvalue weighted by Gasteiger charge is 2.53. The summed E-state index contributed by atoms with van der Waals surface area (Å²) in [6.07, 6.45) is 1.25. The number of hydrogen-bond donors (Lipinski definition) is 5. The summed E-state index contributed by atoms with van der Waals surface area (Å²) >= 11 is 0. The molecule has 0 aliphatic carbocycles. The van der Waals surface area contributed by atoms with Crippen LogP contribution in [0.4, 0.5) is 5.82 Å². The second kappa shape index (κ2) is 5.55. The number of aliphatic hydroxyl groups is 3. The van der Waals surface area contributed by atoms with Gasteiger partial charge in [0.1, 0.15) is 29.8 Å². The minimum absolute atomic E-state index is 0.181. The Morgan fingerprint density at radius 3 is 2.83 bits per heavy atom. The highest BCUT2D eigenvalue weighted by Crippen LogP contribution is 2.41. The van der Waals surface area contributed by atoms with Crippen molar-refractivity contribution in [1.82, 2.24) is 14.5 Å². The molecule has 1 saturated heterocycles. The summed E-state index contributed by atoms with van der Waals surface area (Å²) in [5.74, 6) is 0.181. The number of fused-ring (bicyclic) bond motifs is 1. The number of nitrogens with zero attached hydrogens (tertiary/aromatic N) is 3. The third-order valence-corrected chi connectivity index (χ3v) is 4.15. The number of anilines is 1. The van der Waals surface area contributed by atoms with Gasteiger partial charge in [-0.15, -0.1) is 0 Å². The molecular weight excluding hydrogens is 304 g/mol. The number of aromatic nitrogens is 3. The molecule has 5 N–H and O–H groups in total. The summed E-state index contributed by atoms with van der Waals surface area (Å²) in [4.78, 5) is 8.09. The SMILES string of the molecule is C=Cc1cn(C2OC(CO)C(O)[C@@]2(C)O)c2ncnc(NO)c12. The molecular formula is C14H18N4O5. The quantitative estimate of drug-likeness (QED) is 0.492. The molecule has 0 bridgehead atoms. The molecule has 2 aromatic heterocycles. The molecule has 0 amide bonds. The van der Waals surface area contributed by atoms with Gasteiger partial charge in [-0.25, -0.2) is 9.97 Å². The van der Waals surface area contributed by atoms with Crippen LogP contribution in [0.5, 0.6) is 0 Å². The summed E-state index contributed by atoms with van der Waals surface area (Å²) in [6, 6.07) is 0. The summed E-state index contributed by atoms with van der Waals surface area (Å²) in [5.41, 5.74) is 1.34. The second-order valence-electron chi connectivity index (χ2n) is 5.61. The van der Waals surface area contributed by atoms with Crippen LogP contribution in [0.15, 0.2) is 19.1 Å². The van der Waals surface area contributed by atoms with Crippen molar-refractivity contribution in [2.75, 3.05) is 12.1 Å². The molecule has 3 heterocycles. The van der Waals surface area contributed by atoms with Crippen molar-refractivity contribution in [2.24, 2.45) is 0 Å². The van der Waals surface area contributed by atoms with Gasteiger partial charge in [-0.1, -0.05) is 12.7 Å². The first kappa shape index (κ1) is 15.8. The van der Waals surface area contributed by atoms with Gasteiger partial charge in [-0.05, 0) is 6.92 Å². The normalized spacial score (nSPS) is 30.7. The summed E-state index contributed by atoms with van der Waals surface area (Å²) in [7, 11) is 0. The topological polar surface area (TPSA) is 133 Å². The molecule has 23 heavy (non-hydrogen) atoms. The molecule has 4 atom stereocenters. The third kappa shape index (κ3) is 2.21. The Bertz CT molecular complexity index is 744. The van der Waals surface area contributed by atoms with Gasteiger partial charge in [0.05, 0.1) is 12.0 Å². The minimum atomic E-state index is -1.64. The molecule has 3 unspecified atom stereocenters.